The number of aromatic nitrogens is 2. The van der Waals surface area contributed by atoms with Crippen LogP contribution in [-0.4, -0.2) is 26.8 Å². The summed E-state index contributed by atoms with van der Waals surface area (Å²) < 4.78 is 0. The van der Waals surface area contributed by atoms with Crippen molar-refractivity contribution in [1.82, 2.24) is 15.3 Å². The Morgan fingerprint density at radius 2 is 2.33 bits per heavy atom. The summed E-state index contributed by atoms with van der Waals surface area (Å²) in [6.45, 7) is 2.44. The zero-order valence-corrected chi connectivity index (χ0v) is 9.04. The van der Waals surface area contributed by atoms with Gasteiger partial charge in [0.1, 0.15) is 0 Å². The highest BCUT2D eigenvalue weighted by Gasteiger charge is 2.13. The molecule has 0 aliphatic carbocycles. The summed E-state index contributed by atoms with van der Waals surface area (Å²) in [7, 11) is 0. The van der Waals surface area contributed by atoms with Gasteiger partial charge in [-0.3, -0.25) is 14.8 Å². The van der Waals surface area contributed by atoms with E-state index in [4.69, 9.17) is 0 Å². The molecule has 1 N–H and O–H groups in total. The molecule has 0 spiro atoms. The number of aliphatic imine (C=N–C) groups is 1. The molecule has 0 fully saturated rings. The minimum absolute atomic E-state index is 0.0857. The van der Waals surface area contributed by atoms with Gasteiger partial charge in [0.05, 0.1) is 29.9 Å². The lowest BCUT2D eigenvalue weighted by Gasteiger charge is -2.03. The van der Waals surface area contributed by atoms with E-state index in [-0.39, 0.29) is 5.91 Å². The Morgan fingerprint density at radius 1 is 1.47 bits per heavy atom. The lowest BCUT2D eigenvalue weighted by Crippen LogP contribution is -2.19. The van der Waals surface area contributed by atoms with Crippen LogP contribution in [0.3, 0.4) is 0 Å². The average molecular weight is 222 g/mol. The molecule has 0 unspecified atom stereocenters. The number of nitrogens with zero attached hydrogens (tertiary/aromatic N) is 3. The van der Waals surface area contributed by atoms with Crippen LogP contribution in [0.4, 0.5) is 0 Å². The first kappa shape index (κ1) is 10.1. The fourth-order valence-corrected chi connectivity index (χ4v) is 1.74. The fraction of sp³-hybridized carbons (Fsp3) is 0.333. The Bertz CT molecular complexity index is 401. The van der Waals surface area contributed by atoms with E-state index in [0.717, 1.165) is 11.4 Å². The van der Waals surface area contributed by atoms with Crippen LogP contribution in [0.25, 0.3) is 0 Å². The zero-order chi connectivity index (χ0) is 10.7. The first-order valence-corrected chi connectivity index (χ1v) is 5.48. The number of aryl methyl sites for hydroxylation is 1. The molecule has 1 aliphatic rings. The largest absolute Gasteiger partial charge is 0.359 e. The maximum Gasteiger partial charge on any atom is 0.258 e. The van der Waals surface area contributed by atoms with Crippen LogP contribution in [0.15, 0.2) is 17.4 Å². The molecule has 0 saturated carbocycles. The average Bonchev–Trinajstić information content (AvgIpc) is 2.64. The fourth-order valence-electron chi connectivity index (χ4n) is 1.08. The van der Waals surface area contributed by atoms with Gasteiger partial charge in [0.15, 0.2) is 5.17 Å². The van der Waals surface area contributed by atoms with Gasteiger partial charge in [-0.15, -0.1) is 0 Å². The summed E-state index contributed by atoms with van der Waals surface area (Å²) >= 11 is 1.41. The third-order valence-corrected chi connectivity index (χ3v) is 2.71. The topological polar surface area (TPSA) is 67.2 Å². The molecule has 0 radical (unpaired) electrons. The Labute approximate surface area is 91.4 Å². The van der Waals surface area contributed by atoms with Crippen molar-refractivity contribution in [1.29, 1.82) is 0 Å². The molecule has 5 nitrogen and oxygen atoms in total. The van der Waals surface area contributed by atoms with Crippen LogP contribution >= 0.6 is 11.8 Å². The van der Waals surface area contributed by atoms with Crippen LogP contribution in [-0.2, 0) is 11.3 Å². The van der Waals surface area contributed by atoms with E-state index in [1.54, 1.807) is 12.4 Å². The summed E-state index contributed by atoms with van der Waals surface area (Å²) in [6, 6.07) is 0. The molecule has 2 rings (SSSR count). The van der Waals surface area contributed by atoms with Gasteiger partial charge < -0.3 is 5.32 Å². The van der Waals surface area contributed by atoms with Crippen molar-refractivity contribution in [2.75, 3.05) is 5.75 Å². The van der Waals surface area contributed by atoms with Gasteiger partial charge in [0.25, 0.3) is 5.91 Å². The van der Waals surface area contributed by atoms with Crippen LogP contribution in [0.1, 0.15) is 11.4 Å². The Morgan fingerprint density at radius 3 is 2.93 bits per heavy atom. The second-order valence-corrected chi connectivity index (χ2v) is 4.07. The second-order valence-electron chi connectivity index (χ2n) is 3.10. The number of carbonyl (C=O) groups excluding carboxylic acids is 1. The van der Waals surface area contributed by atoms with Gasteiger partial charge >= 0.3 is 0 Å². The van der Waals surface area contributed by atoms with E-state index >= 15 is 0 Å². The van der Waals surface area contributed by atoms with Crippen molar-refractivity contribution >= 4 is 22.8 Å². The Hall–Kier alpha value is -1.43. The highest BCUT2D eigenvalue weighted by Crippen LogP contribution is 2.10. The van der Waals surface area contributed by atoms with Crippen molar-refractivity contribution < 1.29 is 4.79 Å². The van der Waals surface area contributed by atoms with Gasteiger partial charge in [-0.25, -0.2) is 0 Å². The van der Waals surface area contributed by atoms with Gasteiger partial charge in [-0.05, 0) is 6.92 Å². The summed E-state index contributed by atoms with van der Waals surface area (Å²) in [6.07, 6.45) is 3.43. The quantitative estimate of drug-likeness (QED) is 0.789. The molecule has 0 bridgehead atoms. The predicted molar refractivity (Wildman–Crippen MR) is 58.5 cm³/mol. The number of nitrogens with one attached hydrogen (secondary N) is 1. The maximum absolute atomic E-state index is 10.8. The van der Waals surface area contributed by atoms with E-state index in [1.165, 1.54) is 11.8 Å². The molecule has 0 atom stereocenters. The van der Waals surface area contributed by atoms with Crippen molar-refractivity contribution in [3.8, 4) is 0 Å². The highest BCUT2D eigenvalue weighted by molar-refractivity contribution is 8.14. The summed E-state index contributed by atoms with van der Waals surface area (Å²) in [5.74, 6) is 0.347. The smallest absolute Gasteiger partial charge is 0.258 e. The van der Waals surface area contributed by atoms with Crippen LogP contribution in [0.5, 0.6) is 0 Å². The molecule has 0 saturated heterocycles. The van der Waals surface area contributed by atoms with Crippen molar-refractivity contribution in [3.05, 3.63) is 23.8 Å². The third-order valence-electron chi connectivity index (χ3n) is 1.81. The molecule has 2 heterocycles. The third kappa shape index (κ3) is 2.76. The van der Waals surface area contributed by atoms with Crippen molar-refractivity contribution in [2.45, 2.75) is 13.5 Å². The number of hydrogen-bond donors (Lipinski definition) is 1. The number of thioether (sulfide) groups is 1. The van der Waals surface area contributed by atoms with Gasteiger partial charge in [-0.1, -0.05) is 11.8 Å². The molecule has 15 heavy (non-hydrogen) atoms. The lowest BCUT2D eigenvalue weighted by molar-refractivity contribution is -0.115. The van der Waals surface area contributed by atoms with Crippen LogP contribution < -0.4 is 5.32 Å². The maximum atomic E-state index is 10.8. The first-order chi connectivity index (χ1) is 7.24. The number of hydrogen-bond acceptors (Lipinski definition) is 5. The minimum atomic E-state index is -0.0857. The lowest BCUT2D eigenvalue weighted by atomic mass is 10.4. The summed E-state index contributed by atoms with van der Waals surface area (Å²) in [4.78, 5) is 22.9. The van der Waals surface area contributed by atoms with E-state index in [1.807, 2.05) is 6.92 Å². The Balaban J connectivity index is 1.91. The molecule has 1 aromatic heterocycles. The molecule has 78 valence electrons. The first-order valence-electron chi connectivity index (χ1n) is 4.50. The van der Waals surface area contributed by atoms with Gasteiger partial charge in [0, 0.05) is 6.20 Å². The van der Waals surface area contributed by atoms with Crippen molar-refractivity contribution in [2.24, 2.45) is 4.99 Å². The summed E-state index contributed by atoms with van der Waals surface area (Å²) in [5, 5.41) is 3.71. The molecule has 6 heteroatoms. The Kier molecular flexibility index (Phi) is 2.96. The molecular weight excluding hydrogens is 212 g/mol. The molecule has 1 aliphatic heterocycles. The number of carbonyl (C=O) groups is 1. The van der Waals surface area contributed by atoms with Crippen molar-refractivity contribution in [3.63, 3.8) is 0 Å². The van der Waals surface area contributed by atoms with E-state index in [0.29, 0.717) is 17.5 Å². The van der Waals surface area contributed by atoms with Crippen LogP contribution in [0.2, 0.25) is 0 Å². The molecule has 1 amide bonds. The molecular formula is C9H10N4OS. The molecule has 1 aromatic rings. The summed E-state index contributed by atoms with van der Waals surface area (Å²) in [5.41, 5.74) is 1.73. The predicted octanol–water partition coefficient (Wildman–Crippen LogP) is 0.504. The minimum Gasteiger partial charge on any atom is -0.359 e. The number of amides is 1. The van der Waals surface area contributed by atoms with Crippen LogP contribution in [0, 0.1) is 6.92 Å². The monoisotopic (exact) mass is 222 g/mol. The van der Waals surface area contributed by atoms with E-state index in [9.17, 15) is 4.79 Å². The zero-order valence-electron chi connectivity index (χ0n) is 8.23. The number of rotatable bonds is 2. The van der Waals surface area contributed by atoms with E-state index in [2.05, 4.69) is 20.3 Å². The highest BCUT2D eigenvalue weighted by atomic mass is 32.2. The van der Waals surface area contributed by atoms with Gasteiger partial charge in [-0.2, -0.15) is 4.99 Å². The molecule has 0 aromatic carbocycles. The van der Waals surface area contributed by atoms with E-state index < -0.39 is 0 Å². The number of amidine groups is 1. The SMILES string of the molecule is Cc1cnc(CNC2=NC(=O)CS2)cn1. The standard InChI is InChI=1S/C9H10N4OS/c1-6-2-11-7(3-10-6)4-12-9-13-8(14)5-15-9/h2-3H,4-5H2,1H3,(H,12,13,14). The second kappa shape index (κ2) is 4.39. The normalized spacial score (nSPS) is 15.3. The van der Waals surface area contributed by atoms with Gasteiger partial charge in [0.2, 0.25) is 0 Å².